The zero-order valence-electron chi connectivity index (χ0n) is 16.5. The Morgan fingerprint density at radius 3 is 3.03 bits per heavy atom. The van der Waals surface area contributed by atoms with Crippen LogP contribution in [-0.4, -0.2) is 49.0 Å². The van der Waals surface area contributed by atoms with Crippen LogP contribution in [0.25, 0.3) is 5.65 Å². The Morgan fingerprint density at radius 1 is 1.41 bits per heavy atom. The molecule has 29 heavy (non-hydrogen) atoms. The lowest BCUT2D eigenvalue weighted by Crippen LogP contribution is -2.36. The van der Waals surface area contributed by atoms with E-state index in [1.54, 1.807) is 12.3 Å². The molecule has 0 saturated heterocycles. The number of carbonyl (C=O) groups is 1. The smallest absolute Gasteiger partial charge is 0.407 e. The van der Waals surface area contributed by atoms with E-state index in [2.05, 4.69) is 30.8 Å². The summed E-state index contributed by atoms with van der Waals surface area (Å²) in [5.74, 6) is 0.686. The average molecular weight is 401 g/mol. The van der Waals surface area contributed by atoms with Gasteiger partial charge in [-0.05, 0) is 39.7 Å². The number of imidazole rings is 1. The summed E-state index contributed by atoms with van der Waals surface area (Å²) in [6.45, 7) is 5.56. The van der Waals surface area contributed by atoms with Crippen LogP contribution in [0.3, 0.4) is 0 Å². The Balaban J connectivity index is 1.44. The second-order valence-electron chi connectivity index (χ2n) is 7.58. The highest BCUT2D eigenvalue weighted by atomic mass is 19.1. The first kappa shape index (κ1) is 19.2. The quantitative estimate of drug-likeness (QED) is 0.606. The molecule has 1 aliphatic rings. The fourth-order valence-corrected chi connectivity index (χ4v) is 3.62. The number of nitrogens with one attached hydrogen (secondary N) is 3. The molecule has 0 unspecified atom stereocenters. The van der Waals surface area contributed by atoms with E-state index < -0.39 is 24.3 Å². The van der Waals surface area contributed by atoms with Crippen molar-refractivity contribution in [2.75, 3.05) is 5.32 Å². The van der Waals surface area contributed by atoms with Crippen LogP contribution >= 0.6 is 0 Å². The molecule has 0 aliphatic heterocycles. The van der Waals surface area contributed by atoms with E-state index in [1.807, 2.05) is 37.4 Å². The summed E-state index contributed by atoms with van der Waals surface area (Å²) in [6.07, 6.45) is 1.93. The summed E-state index contributed by atoms with van der Waals surface area (Å²) >= 11 is 0. The van der Waals surface area contributed by atoms with Gasteiger partial charge in [-0.3, -0.25) is 9.50 Å². The maximum atomic E-state index is 14.9. The van der Waals surface area contributed by atoms with Gasteiger partial charge in [0.2, 0.25) is 5.95 Å². The van der Waals surface area contributed by atoms with Crippen molar-refractivity contribution < 1.29 is 13.9 Å². The third-order valence-corrected chi connectivity index (χ3v) is 4.91. The molecule has 1 aliphatic carbocycles. The SMILES string of the molecule is Cc1cn2c(Nc3cc([C@@H]4CC[C@H](OC(=O)NC(C)C)[C@H]4F)[nH]n3)nccc2n1. The van der Waals surface area contributed by atoms with Gasteiger partial charge in [-0.15, -0.1) is 0 Å². The normalized spacial score (nSPS) is 21.6. The van der Waals surface area contributed by atoms with Crippen LogP contribution in [0.15, 0.2) is 24.5 Å². The first-order valence-corrected chi connectivity index (χ1v) is 9.65. The van der Waals surface area contributed by atoms with E-state index in [0.717, 1.165) is 11.3 Å². The maximum absolute atomic E-state index is 14.9. The van der Waals surface area contributed by atoms with Gasteiger partial charge in [0.25, 0.3) is 0 Å². The Bertz CT molecular complexity index is 1020. The molecular weight excluding hydrogens is 377 g/mol. The number of alkyl halides is 1. The number of anilines is 2. The molecule has 3 aromatic rings. The zero-order chi connectivity index (χ0) is 20.5. The number of carbonyl (C=O) groups excluding carboxylic acids is 1. The van der Waals surface area contributed by atoms with Gasteiger partial charge in [0.1, 0.15) is 17.9 Å². The number of ether oxygens (including phenoxy) is 1. The monoisotopic (exact) mass is 401 g/mol. The number of nitrogens with zero attached hydrogens (tertiary/aromatic N) is 4. The molecule has 0 bridgehead atoms. The molecule has 4 rings (SSSR count). The molecule has 9 nitrogen and oxygen atoms in total. The van der Waals surface area contributed by atoms with Gasteiger partial charge >= 0.3 is 6.09 Å². The highest BCUT2D eigenvalue weighted by Crippen LogP contribution is 2.38. The van der Waals surface area contributed by atoms with Gasteiger partial charge in [-0.25, -0.2) is 19.2 Å². The molecule has 0 radical (unpaired) electrons. The summed E-state index contributed by atoms with van der Waals surface area (Å²) in [7, 11) is 0. The van der Waals surface area contributed by atoms with Gasteiger partial charge in [-0.1, -0.05) is 0 Å². The van der Waals surface area contributed by atoms with Crippen molar-refractivity contribution in [1.82, 2.24) is 29.9 Å². The van der Waals surface area contributed by atoms with E-state index in [-0.39, 0.29) is 6.04 Å². The van der Waals surface area contributed by atoms with E-state index >= 15 is 0 Å². The molecule has 3 heterocycles. The standard InChI is InChI=1S/C19H24FN7O2/c1-10(2)22-19(28)29-14-5-4-12(17(14)20)13-8-15(26-25-13)24-18-21-7-6-16-23-11(3)9-27(16)18/h6-10,12,14,17H,4-5H2,1-3H3,(H,22,28)(H2,21,24,25,26)/t12-,14-,17-/m0/s1. The number of fused-ring (bicyclic) bond motifs is 1. The molecule has 3 aromatic heterocycles. The van der Waals surface area contributed by atoms with E-state index in [9.17, 15) is 9.18 Å². The maximum Gasteiger partial charge on any atom is 0.407 e. The lowest BCUT2D eigenvalue weighted by Gasteiger charge is -2.18. The molecule has 1 fully saturated rings. The third-order valence-electron chi connectivity index (χ3n) is 4.91. The van der Waals surface area contributed by atoms with Crippen LogP contribution in [0, 0.1) is 6.92 Å². The topological polar surface area (TPSA) is 109 Å². The zero-order valence-corrected chi connectivity index (χ0v) is 16.5. The van der Waals surface area contributed by atoms with E-state index in [4.69, 9.17) is 4.74 Å². The van der Waals surface area contributed by atoms with E-state index in [0.29, 0.717) is 30.3 Å². The molecule has 154 valence electrons. The van der Waals surface area contributed by atoms with Gasteiger partial charge in [0.05, 0.1) is 5.69 Å². The minimum atomic E-state index is -1.29. The van der Waals surface area contributed by atoms with Crippen molar-refractivity contribution in [3.63, 3.8) is 0 Å². The number of alkyl carbamates (subject to hydrolysis) is 1. The summed E-state index contributed by atoms with van der Waals surface area (Å²) in [5.41, 5.74) is 2.31. The van der Waals surface area contributed by atoms with Gasteiger partial charge < -0.3 is 15.4 Å². The predicted molar refractivity (Wildman–Crippen MR) is 105 cm³/mol. The minimum absolute atomic E-state index is 0.0589. The Labute approximate surface area is 167 Å². The number of halogens is 1. The van der Waals surface area contributed by atoms with E-state index in [1.165, 1.54) is 0 Å². The van der Waals surface area contributed by atoms with Crippen LogP contribution in [0.4, 0.5) is 21.0 Å². The number of aromatic amines is 1. The largest absolute Gasteiger partial charge is 0.443 e. The lowest BCUT2D eigenvalue weighted by atomic mass is 10.0. The fourth-order valence-electron chi connectivity index (χ4n) is 3.62. The Kier molecular flexibility index (Phi) is 5.08. The minimum Gasteiger partial charge on any atom is -0.443 e. The summed E-state index contributed by atoms with van der Waals surface area (Å²) < 4.78 is 22.0. The Morgan fingerprint density at radius 2 is 2.24 bits per heavy atom. The number of H-pyrrole nitrogens is 1. The van der Waals surface area contributed by atoms with Crippen LogP contribution in [-0.2, 0) is 4.74 Å². The summed E-state index contributed by atoms with van der Waals surface area (Å²) in [6, 6.07) is 3.52. The molecule has 1 saturated carbocycles. The first-order chi connectivity index (χ1) is 13.9. The van der Waals surface area contributed by atoms with Crippen LogP contribution in [0.2, 0.25) is 0 Å². The van der Waals surface area contributed by atoms with Crippen molar-refractivity contribution in [3.8, 4) is 0 Å². The van der Waals surface area contributed by atoms with Gasteiger partial charge in [0.15, 0.2) is 5.82 Å². The number of rotatable bonds is 5. The predicted octanol–water partition coefficient (Wildman–Crippen LogP) is 3.22. The highest BCUT2D eigenvalue weighted by Gasteiger charge is 2.40. The molecule has 1 amide bonds. The highest BCUT2D eigenvalue weighted by molar-refractivity contribution is 5.67. The molecule has 3 N–H and O–H groups in total. The Hall–Kier alpha value is -3.17. The fraction of sp³-hybridized carbons (Fsp3) is 0.474. The second-order valence-corrected chi connectivity index (χ2v) is 7.58. The summed E-state index contributed by atoms with van der Waals surface area (Å²) in [4.78, 5) is 20.5. The van der Waals surface area contributed by atoms with Crippen molar-refractivity contribution in [2.24, 2.45) is 0 Å². The molecule has 0 aromatic carbocycles. The molecule has 10 heteroatoms. The van der Waals surface area contributed by atoms with Gasteiger partial charge in [-0.2, -0.15) is 5.10 Å². The number of amides is 1. The van der Waals surface area contributed by atoms with Gasteiger partial charge in [0, 0.05) is 36.1 Å². The second kappa shape index (κ2) is 7.69. The van der Waals surface area contributed by atoms with Crippen LogP contribution in [0.5, 0.6) is 0 Å². The van der Waals surface area contributed by atoms with Crippen LogP contribution < -0.4 is 10.6 Å². The number of aromatic nitrogens is 5. The average Bonchev–Trinajstić information content (AvgIpc) is 3.34. The van der Waals surface area contributed by atoms with Crippen molar-refractivity contribution >= 4 is 23.5 Å². The van der Waals surface area contributed by atoms with Crippen LogP contribution in [0.1, 0.15) is 44.0 Å². The van der Waals surface area contributed by atoms with Crippen molar-refractivity contribution in [3.05, 3.63) is 35.9 Å². The molecule has 0 spiro atoms. The number of aryl methyl sites for hydroxylation is 1. The van der Waals surface area contributed by atoms with Crippen molar-refractivity contribution in [1.29, 1.82) is 0 Å². The lowest BCUT2D eigenvalue weighted by molar-refractivity contribution is 0.0555. The number of hydrogen-bond acceptors (Lipinski definition) is 6. The molecule has 3 atom stereocenters. The third kappa shape index (κ3) is 4.01. The molecular formula is C19H24FN7O2. The number of hydrogen-bond donors (Lipinski definition) is 3. The van der Waals surface area contributed by atoms with Crippen molar-refractivity contribution in [2.45, 2.75) is 57.8 Å². The summed E-state index contributed by atoms with van der Waals surface area (Å²) in [5, 5.41) is 12.9. The first-order valence-electron chi connectivity index (χ1n) is 9.65.